The second-order valence-corrected chi connectivity index (χ2v) is 14.6. The summed E-state index contributed by atoms with van der Waals surface area (Å²) in [6, 6.07) is 4.41. The van der Waals surface area contributed by atoms with E-state index in [2.05, 4.69) is 10.3 Å². The van der Waals surface area contributed by atoms with Crippen LogP contribution in [0.3, 0.4) is 0 Å². The van der Waals surface area contributed by atoms with Gasteiger partial charge in [0.2, 0.25) is 11.8 Å². The summed E-state index contributed by atoms with van der Waals surface area (Å²) in [4.78, 5) is 26.6. The molecule has 0 bridgehead atoms. The predicted octanol–water partition coefficient (Wildman–Crippen LogP) is 6.18. The maximum absolute atomic E-state index is 13.1. The number of nitriles is 1. The first kappa shape index (κ1) is 37.7. The number of anilines is 1. The van der Waals surface area contributed by atoms with Crippen molar-refractivity contribution >= 4 is 38.9 Å². The molecule has 0 radical (unpaired) electrons. The molecular formula is C27H33F8N5O3S2. The number of pyridine rings is 1. The van der Waals surface area contributed by atoms with Gasteiger partial charge in [-0.15, -0.1) is 0 Å². The molecule has 1 aliphatic heterocycles. The third-order valence-corrected chi connectivity index (χ3v) is 9.31. The van der Waals surface area contributed by atoms with Crippen molar-refractivity contribution in [2.24, 2.45) is 0 Å². The van der Waals surface area contributed by atoms with Crippen molar-refractivity contribution in [3.63, 3.8) is 0 Å². The van der Waals surface area contributed by atoms with E-state index in [1.54, 1.807) is 12.3 Å². The first-order valence-corrected chi connectivity index (χ1v) is 16.9. The van der Waals surface area contributed by atoms with Crippen LogP contribution in [0.15, 0.2) is 53.7 Å². The number of carbonyl (C=O) groups is 2. The number of hydrogen-bond donors (Lipinski definition) is 1. The van der Waals surface area contributed by atoms with Gasteiger partial charge in [0, 0.05) is 61.4 Å². The van der Waals surface area contributed by atoms with E-state index in [1.165, 1.54) is 35.3 Å². The molecule has 4 rings (SSSR count). The average Bonchev–Trinajstić information content (AvgIpc) is 3.38. The zero-order chi connectivity index (χ0) is 34.1. The number of alkyl halides is 2. The molecule has 8 nitrogen and oxygen atoms in total. The smallest absolute Gasteiger partial charge is 0.310 e. The predicted molar refractivity (Wildman–Crippen MR) is 155 cm³/mol. The number of aldehydes is 1. The van der Waals surface area contributed by atoms with Crippen LogP contribution in [0.4, 0.5) is 38.3 Å². The Balaban J connectivity index is 0.000000302. The zero-order valence-electron chi connectivity index (χ0n) is 24.2. The number of benzene rings is 1. The molecule has 1 N–H and O–H groups in total. The average molecular weight is 692 g/mol. The Labute approximate surface area is 258 Å². The monoisotopic (exact) mass is 691 g/mol. The van der Waals surface area contributed by atoms with Crippen LogP contribution in [0.2, 0.25) is 0 Å². The summed E-state index contributed by atoms with van der Waals surface area (Å²) < 4.78 is 112. The third-order valence-electron chi connectivity index (χ3n) is 6.87. The number of likely N-dealkylation sites (tertiary alicyclic amines) is 1. The van der Waals surface area contributed by atoms with Gasteiger partial charge in [0.1, 0.15) is 17.0 Å². The van der Waals surface area contributed by atoms with Crippen molar-refractivity contribution in [2.75, 3.05) is 31.3 Å². The number of nitrogens with one attached hydrogen (secondary N) is 1. The molecule has 1 saturated carbocycles. The summed E-state index contributed by atoms with van der Waals surface area (Å²) in [7, 11) is -9.26. The summed E-state index contributed by atoms with van der Waals surface area (Å²) in [5.41, 5.74) is 0.140. The van der Waals surface area contributed by atoms with Gasteiger partial charge in [0.25, 0.3) is 0 Å². The van der Waals surface area contributed by atoms with Gasteiger partial charge in [-0.05, 0) is 55.7 Å². The third kappa shape index (κ3) is 12.8. The highest BCUT2D eigenvalue weighted by atomic mass is 32.5. The van der Waals surface area contributed by atoms with Crippen molar-refractivity contribution in [3.05, 3.63) is 54.6 Å². The van der Waals surface area contributed by atoms with Gasteiger partial charge in [-0.25, -0.2) is 13.2 Å². The highest BCUT2D eigenvalue weighted by Crippen LogP contribution is 3.02. The van der Waals surface area contributed by atoms with Crippen LogP contribution in [-0.4, -0.2) is 75.9 Å². The lowest BCUT2D eigenvalue weighted by Crippen LogP contribution is -2.44. The minimum absolute atomic E-state index is 0.0279. The summed E-state index contributed by atoms with van der Waals surface area (Å²) in [5, 5.41) is 11.2. The molecule has 18 heteroatoms. The van der Waals surface area contributed by atoms with Gasteiger partial charge in [0.15, 0.2) is 6.19 Å². The van der Waals surface area contributed by atoms with E-state index in [4.69, 9.17) is 5.26 Å². The molecule has 1 saturated heterocycles. The number of halogens is 8. The fourth-order valence-corrected chi connectivity index (χ4v) is 5.86. The van der Waals surface area contributed by atoms with Crippen molar-refractivity contribution < 1.29 is 46.4 Å². The van der Waals surface area contributed by atoms with Gasteiger partial charge in [0.05, 0.1) is 24.0 Å². The van der Waals surface area contributed by atoms with Crippen LogP contribution in [0.5, 0.6) is 0 Å². The van der Waals surface area contributed by atoms with Crippen LogP contribution in [0.1, 0.15) is 32.1 Å². The van der Waals surface area contributed by atoms with Crippen LogP contribution >= 0.6 is 10.2 Å². The van der Waals surface area contributed by atoms with E-state index in [1.807, 2.05) is 6.19 Å². The molecular weight excluding hydrogens is 658 g/mol. The van der Waals surface area contributed by atoms with Crippen molar-refractivity contribution in [1.82, 2.24) is 15.2 Å². The molecule has 3 unspecified atom stereocenters. The van der Waals surface area contributed by atoms with Crippen LogP contribution in [0.25, 0.3) is 0 Å². The second kappa shape index (κ2) is 14.3. The number of carbonyl (C=O) groups excluding carboxylic acids is 2. The molecule has 2 aliphatic rings. The van der Waals surface area contributed by atoms with Crippen molar-refractivity contribution in [2.45, 2.75) is 60.3 Å². The van der Waals surface area contributed by atoms with Crippen LogP contribution in [0, 0.1) is 17.3 Å². The molecule has 1 aliphatic carbocycles. The van der Waals surface area contributed by atoms with E-state index >= 15 is 0 Å². The number of hydrogen-bond acceptors (Lipinski definition) is 7. The van der Waals surface area contributed by atoms with E-state index in [-0.39, 0.29) is 73.2 Å². The zero-order valence-corrected chi connectivity index (χ0v) is 25.9. The highest BCUT2D eigenvalue weighted by molar-refractivity contribution is 8.45. The summed E-state index contributed by atoms with van der Waals surface area (Å²) in [6.07, 6.45) is 7.16. The lowest BCUT2D eigenvalue weighted by molar-refractivity contribution is -0.121. The molecule has 0 spiro atoms. The maximum atomic E-state index is 13.1. The Kier molecular flexibility index (Phi) is 12.0. The van der Waals surface area contributed by atoms with Crippen molar-refractivity contribution in [1.29, 1.82) is 5.26 Å². The molecule has 1 amide bonds. The number of aromatic nitrogens is 1. The van der Waals surface area contributed by atoms with Crippen molar-refractivity contribution in [3.8, 4) is 6.19 Å². The molecule has 45 heavy (non-hydrogen) atoms. The highest BCUT2D eigenvalue weighted by Gasteiger charge is 2.65. The number of rotatable bonds is 7. The van der Waals surface area contributed by atoms with Gasteiger partial charge in [-0.2, -0.15) is 5.26 Å². The van der Waals surface area contributed by atoms with E-state index in [9.17, 15) is 46.4 Å². The Hall–Kier alpha value is -3.46. The molecule has 2 aromatic rings. The lowest BCUT2D eigenvalue weighted by Gasteiger charge is -2.40. The molecule has 2 heterocycles. The normalized spacial score (nSPS) is 21.7. The van der Waals surface area contributed by atoms with E-state index in [0.717, 1.165) is 18.4 Å². The Morgan fingerprint density at radius 2 is 1.78 bits per heavy atom. The molecule has 2 fully saturated rings. The van der Waals surface area contributed by atoms with E-state index < -0.39 is 37.7 Å². The second-order valence-electron chi connectivity index (χ2n) is 10.5. The van der Waals surface area contributed by atoms with Gasteiger partial charge in [-0.1, -0.05) is 19.4 Å². The standard InChI is InChI=1S/C15H19F7N2OS.C7H10N2O2S.C5H4FN/c1-24(10-14(25)23-11-6-8-15(16,17)9-7-11)12-2-4-13(5-3-12)26(18,19,20,21)22;1-12(11)7-2-6(4-10)9(3-7)5-8;6-5-2-1-3-7-4-5/h2-5,11H,6-10H2,1H3,(H,23,25);4,6-7H,2-3H2,1H3;1-4H. The fourth-order valence-electron chi connectivity index (χ4n) is 4.37. The minimum atomic E-state index is -9.73. The van der Waals surface area contributed by atoms with E-state index in [0.29, 0.717) is 13.0 Å². The van der Waals surface area contributed by atoms with Gasteiger partial charge < -0.3 is 15.0 Å². The molecule has 3 atom stereocenters. The summed E-state index contributed by atoms with van der Waals surface area (Å²) >= 11 is 0. The fraction of sp³-hybridized carbons (Fsp3) is 0.481. The SMILES string of the molecule is CN(CC(=O)NC1CCC(F)(F)CC1)c1ccc(S(F)(F)(F)(F)F)cc1.CS(=O)C1CC(C=O)N(C#N)C1.Fc1cccnc1. The number of amides is 1. The maximum Gasteiger partial charge on any atom is 0.310 e. The quantitative estimate of drug-likeness (QED) is 0.210. The Morgan fingerprint density at radius 1 is 1.18 bits per heavy atom. The van der Waals surface area contributed by atoms with Crippen LogP contribution < -0.4 is 10.2 Å². The summed E-state index contributed by atoms with van der Waals surface area (Å²) in [6.45, 7) is 0.200. The Bertz CT molecular complexity index is 1350. The largest absolute Gasteiger partial charge is 0.365 e. The minimum Gasteiger partial charge on any atom is -0.365 e. The molecule has 1 aromatic heterocycles. The Morgan fingerprint density at radius 3 is 2.18 bits per heavy atom. The van der Waals surface area contributed by atoms with Gasteiger partial charge in [-0.3, -0.25) is 18.9 Å². The van der Waals surface area contributed by atoms with Crippen LogP contribution in [-0.2, 0) is 20.4 Å². The molecule has 252 valence electrons. The number of likely N-dealkylation sites (N-methyl/N-ethyl adjacent to an activating group) is 1. The topological polar surface area (TPSA) is 106 Å². The number of nitrogens with zero attached hydrogens (tertiary/aromatic N) is 4. The first-order valence-electron chi connectivity index (χ1n) is 13.4. The van der Waals surface area contributed by atoms with Gasteiger partial charge >= 0.3 is 10.2 Å². The summed E-state index contributed by atoms with van der Waals surface area (Å²) in [5.74, 6) is -3.50. The first-order chi connectivity index (χ1) is 20.6. The lowest BCUT2D eigenvalue weighted by atomic mass is 9.92. The molecule has 1 aromatic carbocycles.